The average molecular weight is 295 g/mol. The maximum absolute atomic E-state index is 6.04. The monoisotopic (exact) mass is 294 g/mol. The van der Waals surface area contributed by atoms with Crippen LogP contribution in [-0.4, -0.2) is 11.5 Å². The number of nitrogens with one attached hydrogen (secondary N) is 1. The van der Waals surface area contributed by atoms with E-state index < -0.39 is 0 Å². The topological polar surface area (TPSA) is 24.9 Å². The zero-order valence-corrected chi connectivity index (χ0v) is 12.9. The highest BCUT2D eigenvalue weighted by atomic mass is 35.5. The molecule has 0 fully saturated rings. The Bertz CT molecular complexity index is 511. The van der Waals surface area contributed by atoms with E-state index in [9.17, 15) is 0 Å². The summed E-state index contributed by atoms with van der Waals surface area (Å²) in [6.45, 7) is 5.32. The lowest BCUT2D eigenvalue weighted by molar-refractivity contribution is 0.530. The zero-order valence-electron chi connectivity index (χ0n) is 11.3. The zero-order chi connectivity index (χ0) is 13.7. The van der Waals surface area contributed by atoms with Crippen LogP contribution in [0.4, 0.5) is 0 Å². The van der Waals surface area contributed by atoms with Gasteiger partial charge in [-0.15, -0.1) is 11.3 Å². The van der Waals surface area contributed by atoms with Crippen LogP contribution in [0.5, 0.6) is 0 Å². The highest BCUT2D eigenvalue weighted by Crippen LogP contribution is 2.25. The Labute approximate surface area is 123 Å². The third-order valence-electron chi connectivity index (χ3n) is 3.14. The lowest BCUT2D eigenvalue weighted by atomic mass is 9.98. The van der Waals surface area contributed by atoms with Crippen molar-refractivity contribution in [2.75, 3.05) is 6.54 Å². The van der Waals surface area contributed by atoms with E-state index >= 15 is 0 Å². The standard InChI is InChI=1S/C15H19ClN2S/c1-3-6-18-15(8-13-9-17-10-19-13)14-5-4-12(16)7-11(14)2/h4-5,7,9-10,15,18H,3,6,8H2,1-2H3. The van der Waals surface area contributed by atoms with Crippen molar-refractivity contribution in [2.24, 2.45) is 0 Å². The molecule has 0 bridgehead atoms. The second-order valence-electron chi connectivity index (χ2n) is 4.68. The number of nitrogens with zero attached hydrogens (tertiary/aromatic N) is 1. The van der Waals surface area contributed by atoms with Crippen LogP contribution < -0.4 is 5.32 Å². The van der Waals surface area contributed by atoms with Crippen molar-refractivity contribution < 1.29 is 0 Å². The minimum Gasteiger partial charge on any atom is -0.310 e. The minimum atomic E-state index is 0.331. The molecule has 0 aliphatic rings. The van der Waals surface area contributed by atoms with Gasteiger partial charge < -0.3 is 5.32 Å². The fourth-order valence-electron chi connectivity index (χ4n) is 2.18. The molecule has 2 nitrogen and oxygen atoms in total. The molecular formula is C15H19ClN2S. The minimum absolute atomic E-state index is 0.331. The van der Waals surface area contributed by atoms with Gasteiger partial charge in [-0.05, 0) is 43.1 Å². The van der Waals surface area contributed by atoms with E-state index in [2.05, 4.69) is 30.2 Å². The summed E-state index contributed by atoms with van der Waals surface area (Å²) < 4.78 is 0. The molecule has 0 spiro atoms. The maximum atomic E-state index is 6.04. The van der Waals surface area contributed by atoms with Gasteiger partial charge in [0.25, 0.3) is 0 Å². The quantitative estimate of drug-likeness (QED) is 0.855. The van der Waals surface area contributed by atoms with E-state index in [0.29, 0.717) is 6.04 Å². The van der Waals surface area contributed by atoms with Gasteiger partial charge in [0, 0.05) is 28.6 Å². The molecule has 1 unspecified atom stereocenters. The van der Waals surface area contributed by atoms with E-state index in [1.165, 1.54) is 16.0 Å². The Balaban J connectivity index is 2.20. The highest BCUT2D eigenvalue weighted by Gasteiger charge is 2.14. The Hall–Kier alpha value is -0.900. The van der Waals surface area contributed by atoms with E-state index in [4.69, 9.17) is 11.6 Å². The summed E-state index contributed by atoms with van der Waals surface area (Å²) in [6, 6.07) is 6.46. The predicted octanol–water partition coefficient (Wildman–Crippen LogP) is 4.39. The first kappa shape index (κ1) is 14.5. The molecule has 4 heteroatoms. The Kier molecular flexibility index (Phi) is 5.37. The Morgan fingerprint density at radius 2 is 2.26 bits per heavy atom. The van der Waals surface area contributed by atoms with Crippen molar-refractivity contribution in [3.8, 4) is 0 Å². The number of hydrogen-bond donors (Lipinski definition) is 1. The molecule has 1 atom stereocenters. The molecule has 0 aliphatic heterocycles. The van der Waals surface area contributed by atoms with Crippen LogP contribution in [0.1, 0.15) is 35.4 Å². The van der Waals surface area contributed by atoms with Gasteiger partial charge in [0.2, 0.25) is 0 Å². The molecule has 0 amide bonds. The predicted molar refractivity (Wildman–Crippen MR) is 83.0 cm³/mol. The summed E-state index contributed by atoms with van der Waals surface area (Å²) in [4.78, 5) is 5.46. The third kappa shape index (κ3) is 4.03. The molecular weight excluding hydrogens is 276 g/mol. The molecule has 0 aliphatic carbocycles. The smallest absolute Gasteiger partial charge is 0.0794 e. The van der Waals surface area contributed by atoms with Crippen LogP contribution in [0.15, 0.2) is 29.9 Å². The van der Waals surface area contributed by atoms with Crippen LogP contribution >= 0.6 is 22.9 Å². The normalized spacial score (nSPS) is 12.6. The summed E-state index contributed by atoms with van der Waals surface area (Å²) in [5.41, 5.74) is 4.46. The largest absolute Gasteiger partial charge is 0.310 e. The summed E-state index contributed by atoms with van der Waals surface area (Å²) in [5.74, 6) is 0. The molecule has 0 saturated heterocycles. The van der Waals surface area contributed by atoms with Gasteiger partial charge in [-0.25, -0.2) is 0 Å². The number of thiazole rings is 1. The molecule has 0 radical (unpaired) electrons. The average Bonchev–Trinajstić information content (AvgIpc) is 2.88. The van der Waals surface area contributed by atoms with Crippen molar-refractivity contribution in [3.63, 3.8) is 0 Å². The maximum Gasteiger partial charge on any atom is 0.0794 e. The van der Waals surface area contributed by atoms with Gasteiger partial charge in [0.05, 0.1) is 5.51 Å². The van der Waals surface area contributed by atoms with Crippen molar-refractivity contribution in [1.29, 1.82) is 0 Å². The number of halogens is 1. The molecule has 2 aromatic rings. The second kappa shape index (κ2) is 7.04. The van der Waals surface area contributed by atoms with E-state index in [1.807, 2.05) is 23.8 Å². The summed E-state index contributed by atoms with van der Waals surface area (Å²) in [7, 11) is 0. The van der Waals surface area contributed by atoms with E-state index in [-0.39, 0.29) is 0 Å². The molecule has 19 heavy (non-hydrogen) atoms. The second-order valence-corrected chi connectivity index (χ2v) is 6.09. The summed E-state index contributed by atoms with van der Waals surface area (Å²) >= 11 is 7.75. The third-order valence-corrected chi connectivity index (χ3v) is 4.17. The van der Waals surface area contributed by atoms with Crippen LogP contribution in [0.3, 0.4) is 0 Å². The van der Waals surface area contributed by atoms with Crippen LogP contribution in [0.2, 0.25) is 5.02 Å². The number of benzene rings is 1. The SMILES string of the molecule is CCCNC(Cc1cncs1)c1ccc(Cl)cc1C. The number of rotatable bonds is 6. The lowest BCUT2D eigenvalue weighted by Gasteiger charge is -2.20. The first-order valence-corrected chi connectivity index (χ1v) is 7.83. The Morgan fingerprint density at radius 3 is 2.89 bits per heavy atom. The van der Waals surface area contributed by atoms with Crippen molar-refractivity contribution >= 4 is 22.9 Å². The number of aryl methyl sites for hydroxylation is 1. The molecule has 0 saturated carbocycles. The number of aromatic nitrogens is 1. The summed E-state index contributed by atoms with van der Waals surface area (Å²) in [5, 5.41) is 4.42. The molecule has 2 rings (SSSR count). The Morgan fingerprint density at radius 1 is 1.42 bits per heavy atom. The van der Waals surface area contributed by atoms with Crippen molar-refractivity contribution in [1.82, 2.24) is 10.3 Å². The summed E-state index contributed by atoms with van der Waals surface area (Å²) in [6.07, 6.45) is 4.06. The molecule has 1 N–H and O–H groups in total. The first-order chi connectivity index (χ1) is 9.20. The van der Waals surface area contributed by atoms with Gasteiger partial charge in [0.1, 0.15) is 0 Å². The van der Waals surface area contributed by atoms with Crippen LogP contribution in [-0.2, 0) is 6.42 Å². The van der Waals surface area contributed by atoms with Gasteiger partial charge in [0.15, 0.2) is 0 Å². The van der Waals surface area contributed by atoms with Gasteiger partial charge in [-0.3, -0.25) is 4.98 Å². The first-order valence-electron chi connectivity index (χ1n) is 6.57. The van der Waals surface area contributed by atoms with Crippen LogP contribution in [0.25, 0.3) is 0 Å². The molecule has 1 aromatic heterocycles. The molecule has 1 aromatic carbocycles. The fourth-order valence-corrected chi connectivity index (χ4v) is 3.05. The van der Waals surface area contributed by atoms with E-state index in [0.717, 1.165) is 24.4 Å². The number of hydrogen-bond acceptors (Lipinski definition) is 3. The molecule has 1 heterocycles. The van der Waals surface area contributed by atoms with Crippen molar-refractivity contribution in [2.45, 2.75) is 32.7 Å². The van der Waals surface area contributed by atoms with E-state index in [1.54, 1.807) is 11.3 Å². The van der Waals surface area contributed by atoms with Gasteiger partial charge >= 0.3 is 0 Å². The van der Waals surface area contributed by atoms with Crippen LogP contribution in [0, 0.1) is 6.92 Å². The lowest BCUT2D eigenvalue weighted by Crippen LogP contribution is -2.24. The van der Waals surface area contributed by atoms with Gasteiger partial charge in [-0.2, -0.15) is 0 Å². The van der Waals surface area contributed by atoms with Crippen molar-refractivity contribution in [3.05, 3.63) is 50.9 Å². The highest BCUT2D eigenvalue weighted by molar-refractivity contribution is 7.09. The molecule has 102 valence electrons. The fraction of sp³-hybridized carbons (Fsp3) is 0.400. The van der Waals surface area contributed by atoms with Gasteiger partial charge in [-0.1, -0.05) is 24.6 Å².